The van der Waals surface area contributed by atoms with E-state index >= 15 is 0 Å². The first-order valence-corrected chi connectivity index (χ1v) is 6.23. The van der Waals surface area contributed by atoms with Gasteiger partial charge in [0, 0.05) is 5.56 Å². The normalized spacial score (nSPS) is 11.0. The van der Waals surface area contributed by atoms with Gasteiger partial charge in [-0.3, -0.25) is 9.59 Å². The van der Waals surface area contributed by atoms with E-state index in [1.807, 2.05) is 0 Å². The van der Waals surface area contributed by atoms with Crippen LogP contribution in [0.4, 0.5) is 0 Å². The van der Waals surface area contributed by atoms with Gasteiger partial charge in [0.05, 0.1) is 5.57 Å². The van der Waals surface area contributed by atoms with E-state index in [2.05, 4.69) is 0 Å². The van der Waals surface area contributed by atoms with Crippen LogP contribution in [0.3, 0.4) is 0 Å². The fourth-order valence-electron chi connectivity index (χ4n) is 1.81. The Labute approximate surface area is 121 Å². The molecule has 0 saturated carbocycles. The molecule has 2 rings (SSSR count). The maximum Gasteiger partial charge on any atom is 0.377 e. The lowest BCUT2D eigenvalue weighted by molar-refractivity contribution is -0.147. The van der Waals surface area contributed by atoms with Crippen LogP contribution < -0.4 is 0 Å². The molecule has 0 aliphatic rings. The van der Waals surface area contributed by atoms with Crippen LogP contribution in [-0.2, 0) is 9.59 Å². The highest BCUT2D eigenvalue weighted by atomic mass is 16.4. The third-order valence-electron chi connectivity index (χ3n) is 2.83. The van der Waals surface area contributed by atoms with E-state index in [9.17, 15) is 14.4 Å². The van der Waals surface area contributed by atoms with Crippen molar-refractivity contribution in [1.82, 2.24) is 0 Å². The summed E-state index contributed by atoms with van der Waals surface area (Å²) in [6.07, 6.45) is 1.30. The summed E-state index contributed by atoms with van der Waals surface area (Å²) < 4.78 is 0. The molecule has 0 bridgehead atoms. The van der Waals surface area contributed by atoms with Gasteiger partial charge < -0.3 is 5.11 Å². The Morgan fingerprint density at radius 2 is 1.33 bits per heavy atom. The van der Waals surface area contributed by atoms with Crippen molar-refractivity contribution in [2.24, 2.45) is 0 Å². The number of hydrogen-bond donors (Lipinski definition) is 1. The highest BCUT2D eigenvalue weighted by Gasteiger charge is 2.25. The molecule has 21 heavy (non-hydrogen) atoms. The summed E-state index contributed by atoms with van der Waals surface area (Å²) in [5, 5.41) is 8.88. The van der Waals surface area contributed by atoms with Crippen molar-refractivity contribution in [2.75, 3.05) is 0 Å². The Balaban J connectivity index is 2.47. The van der Waals surface area contributed by atoms with E-state index < -0.39 is 17.5 Å². The Morgan fingerprint density at radius 3 is 1.86 bits per heavy atom. The number of carbonyl (C=O) groups is 3. The predicted molar refractivity (Wildman–Crippen MR) is 77.8 cm³/mol. The van der Waals surface area contributed by atoms with Crippen LogP contribution in [0.2, 0.25) is 0 Å². The molecule has 4 nitrogen and oxygen atoms in total. The van der Waals surface area contributed by atoms with Gasteiger partial charge in [-0.05, 0) is 11.6 Å². The molecule has 0 unspecified atom stereocenters. The fourth-order valence-corrected chi connectivity index (χ4v) is 1.81. The number of ketones is 2. The fraction of sp³-hybridized carbons (Fsp3) is 0. The van der Waals surface area contributed by atoms with Gasteiger partial charge in [-0.2, -0.15) is 0 Å². The molecule has 0 saturated heterocycles. The average Bonchev–Trinajstić information content (AvgIpc) is 2.53. The molecular weight excluding hydrogens is 268 g/mol. The number of Topliss-reactive ketones (excluding diaryl/α,β-unsaturated/α-hetero) is 2. The molecule has 104 valence electrons. The minimum absolute atomic E-state index is 0.272. The van der Waals surface area contributed by atoms with Crippen molar-refractivity contribution in [3.8, 4) is 0 Å². The first-order valence-electron chi connectivity index (χ1n) is 6.23. The Bertz CT molecular complexity index is 700. The van der Waals surface area contributed by atoms with Crippen molar-refractivity contribution in [3.05, 3.63) is 77.4 Å². The van der Waals surface area contributed by atoms with Crippen LogP contribution in [0.25, 0.3) is 6.08 Å². The standard InChI is InChI=1S/C17H12O4/c18-15(13-9-5-2-6-10-13)14(16(19)17(20)21)11-12-7-3-1-4-8-12/h1-11H,(H,20,21)/b14-11+. The van der Waals surface area contributed by atoms with E-state index in [0.717, 1.165) is 0 Å². The molecular formula is C17H12O4. The molecule has 1 N–H and O–H groups in total. The Kier molecular flexibility index (Phi) is 4.41. The molecule has 0 spiro atoms. The number of rotatable bonds is 5. The summed E-state index contributed by atoms with van der Waals surface area (Å²) in [6, 6.07) is 16.7. The summed E-state index contributed by atoms with van der Waals surface area (Å²) in [4.78, 5) is 35.0. The smallest absolute Gasteiger partial charge is 0.377 e. The lowest BCUT2D eigenvalue weighted by Crippen LogP contribution is -2.21. The molecule has 0 atom stereocenters. The molecule has 2 aromatic rings. The van der Waals surface area contributed by atoms with E-state index in [1.165, 1.54) is 18.2 Å². The summed E-state index contributed by atoms with van der Waals surface area (Å²) >= 11 is 0. The maximum absolute atomic E-state index is 12.3. The van der Waals surface area contributed by atoms with Crippen molar-refractivity contribution in [3.63, 3.8) is 0 Å². The zero-order valence-corrected chi connectivity index (χ0v) is 11.0. The number of aliphatic carboxylic acids is 1. The minimum Gasteiger partial charge on any atom is -0.475 e. The molecule has 2 aromatic carbocycles. The van der Waals surface area contributed by atoms with Crippen LogP contribution in [0, 0.1) is 0 Å². The number of carbonyl (C=O) groups excluding carboxylic acids is 2. The van der Waals surface area contributed by atoms with Gasteiger partial charge in [0.1, 0.15) is 0 Å². The number of hydrogen-bond acceptors (Lipinski definition) is 3. The Hall–Kier alpha value is -3.01. The van der Waals surface area contributed by atoms with Crippen molar-refractivity contribution < 1.29 is 19.5 Å². The average molecular weight is 280 g/mol. The summed E-state index contributed by atoms with van der Waals surface area (Å²) in [5.74, 6) is -3.47. The first-order chi connectivity index (χ1) is 10.1. The monoisotopic (exact) mass is 280 g/mol. The third-order valence-corrected chi connectivity index (χ3v) is 2.83. The van der Waals surface area contributed by atoms with Crippen molar-refractivity contribution in [1.29, 1.82) is 0 Å². The highest BCUT2D eigenvalue weighted by molar-refractivity contribution is 6.49. The number of benzene rings is 2. The second kappa shape index (κ2) is 6.43. The summed E-state index contributed by atoms with van der Waals surface area (Å²) in [7, 11) is 0. The Morgan fingerprint density at radius 1 is 0.810 bits per heavy atom. The zero-order chi connectivity index (χ0) is 15.2. The second-order valence-electron chi connectivity index (χ2n) is 4.30. The molecule has 0 amide bonds. The molecule has 4 heteroatoms. The van der Waals surface area contributed by atoms with Gasteiger partial charge in [0.25, 0.3) is 5.78 Å². The molecule has 0 aromatic heterocycles. The quantitative estimate of drug-likeness (QED) is 0.300. The predicted octanol–water partition coefficient (Wildman–Crippen LogP) is 2.61. The lowest BCUT2D eigenvalue weighted by Gasteiger charge is -2.04. The van der Waals surface area contributed by atoms with E-state index in [-0.39, 0.29) is 11.1 Å². The largest absolute Gasteiger partial charge is 0.475 e. The minimum atomic E-state index is -1.65. The molecule has 0 radical (unpaired) electrons. The molecule has 0 heterocycles. The van der Waals surface area contributed by atoms with Gasteiger partial charge in [-0.25, -0.2) is 4.79 Å². The first kappa shape index (κ1) is 14.4. The van der Waals surface area contributed by atoms with Crippen LogP contribution in [-0.4, -0.2) is 22.6 Å². The van der Waals surface area contributed by atoms with Gasteiger partial charge >= 0.3 is 5.97 Å². The topological polar surface area (TPSA) is 71.4 Å². The van der Waals surface area contributed by atoms with E-state index in [0.29, 0.717) is 5.56 Å². The summed E-state index contributed by atoms with van der Waals surface area (Å²) in [6.45, 7) is 0. The summed E-state index contributed by atoms with van der Waals surface area (Å²) in [5.41, 5.74) is 0.501. The van der Waals surface area contributed by atoms with Crippen LogP contribution >= 0.6 is 0 Å². The van der Waals surface area contributed by atoms with E-state index in [1.54, 1.807) is 48.5 Å². The highest BCUT2D eigenvalue weighted by Crippen LogP contribution is 2.14. The SMILES string of the molecule is O=C(O)C(=O)/C(=C/c1ccccc1)C(=O)c1ccccc1. The van der Waals surface area contributed by atoms with Gasteiger partial charge in [0.2, 0.25) is 0 Å². The van der Waals surface area contributed by atoms with Gasteiger partial charge in [-0.15, -0.1) is 0 Å². The van der Waals surface area contributed by atoms with E-state index in [4.69, 9.17) is 5.11 Å². The van der Waals surface area contributed by atoms with Crippen molar-refractivity contribution in [2.45, 2.75) is 0 Å². The second-order valence-corrected chi connectivity index (χ2v) is 4.30. The lowest BCUT2D eigenvalue weighted by atomic mass is 9.97. The molecule has 0 aliphatic carbocycles. The third kappa shape index (κ3) is 3.51. The number of carboxylic acids is 1. The van der Waals surface area contributed by atoms with Crippen molar-refractivity contribution >= 4 is 23.6 Å². The zero-order valence-electron chi connectivity index (χ0n) is 11.0. The maximum atomic E-state index is 12.3. The van der Waals surface area contributed by atoms with Crippen LogP contribution in [0.1, 0.15) is 15.9 Å². The number of carboxylic acid groups (broad SMARTS) is 1. The molecule has 0 aliphatic heterocycles. The van der Waals surface area contributed by atoms with Crippen LogP contribution in [0.5, 0.6) is 0 Å². The molecule has 0 fully saturated rings. The van der Waals surface area contributed by atoms with Crippen LogP contribution in [0.15, 0.2) is 66.2 Å². The van der Waals surface area contributed by atoms with Gasteiger partial charge in [-0.1, -0.05) is 60.7 Å². The van der Waals surface area contributed by atoms with Gasteiger partial charge in [0.15, 0.2) is 5.78 Å².